The first-order valence-electron chi connectivity index (χ1n) is 5.86. The van der Waals surface area contributed by atoms with E-state index in [-0.39, 0.29) is 11.5 Å². The zero-order valence-electron chi connectivity index (χ0n) is 10.5. The summed E-state index contributed by atoms with van der Waals surface area (Å²) in [6.45, 7) is 1.41. The molecule has 100 valence electrons. The van der Waals surface area contributed by atoms with Crippen molar-refractivity contribution in [1.29, 1.82) is 0 Å². The lowest BCUT2D eigenvalue weighted by molar-refractivity contribution is 0.0688. The summed E-state index contributed by atoms with van der Waals surface area (Å²) in [5.74, 6) is -1.23. The summed E-state index contributed by atoms with van der Waals surface area (Å²) < 4.78 is 2.48. The van der Waals surface area contributed by atoms with Crippen LogP contribution in [-0.4, -0.2) is 26.4 Å². The Hall–Kier alpha value is -2.47. The Balaban J connectivity index is 2.21. The summed E-state index contributed by atoms with van der Waals surface area (Å²) in [5, 5.41) is 9.25. The molecule has 1 N–H and O–H groups in total. The smallest absolute Gasteiger partial charge is 0.352 e. The van der Waals surface area contributed by atoms with Crippen LogP contribution in [0.25, 0.3) is 15.9 Å². The maximum Gasteiger partial charge on any atom is 0.352 e. The van der Waals surface area contributed by atoms with Gasteiger partial charge in [-0.05, 0) is 31.2 Å². The highest BCUT2D eigenvalue weighted by Crippen LogP contribution is 2.23. The van der Waals surface area contributed by atoms with E-state index in [0.29, 0.717) is 11.3 Å². The third kappa shape index (κ3) is 2.00. The van der Waals surface area contributed by atoms with E-state index in [4.69, 9.17) is 0 Å². The highest BCUT2D eigenvalue weighted by Gasteiger charge is 2.16. The van der Waals surface area contributed by atoms with E-state index >= 15 is 0 Å². The van der Waals surface area contributed by atoms with Crippen LogP contribution >= 0.6 is 11.3 Å². The van der Waals surface area contributed by atoms with Crippen LogP contribution in [0.3, 0.4) is 0 Å². The lowest BCUT2D eigenvalue weighted by Gasteiger charge is -2.05. The van der Waals surface area contributed by atoms with Gasteiger partial charge in [0.1, 0.15) is 5.69 Å². The Labute approximate surface area is 118 Å². The molecule has 0 saturated carbocycles. The quantitative estimate of drug-likeness (QED) is 0.751. The van der Waals surface area contributed by atoms with Crippen molar-refractivity contribution in [3.8, 4) is 5.69 Å². The van der Waals surface area contributed by atoms with Crippen LogP contribution in [0.15, 0.2) is 36.0 Å². The summed E-state index contributed by atoms with van der Waals surface area (Å²) in [6, 6.07) is 6.88. The average molecular weight is 286 g/mol. The molecule has 0 bridgehead atoms. The summed E-state index contributed by atoms with van der Waals surface area (Å²) in [5.41, 5.74) is 3.76. The van der Waals surface area contributed by atoms with Crippen molar-refractivity contribution in [3.63, 3.8) is 0 Å². The second-order valence-corrected chi connectivity index (χ2v) is 5.24. The van der Waals surface area contributed by atoms with E-state index in [1.165, 1.54) is 28.9 Å². The Morgan fingerprint density at radius 3 is 2.80 bits per heavy atom. The fourth-order valence-corrected chi connectivity index (χ4v) is 2.74. The van der Waals surface area contributed by atoms with Crippen LogP contribution in [0.1, 0.15) is 27.8 Å². The molecule has 0 fully saturated rings. The zero-order valence-corrected chi connectivity index (χ0v) is 11.3. The van der Waals surface area contributed by atoms with Gasteiger partial charge in [0.2, 0.25) is 0 Å². The minimum absolute atomic E-state index is 0.0686. The van der Waals surface area contributed by atoms with E-state index in [1.54, 1.807) is 17.8 Å². The molecular formula is C14H10N2O3S. The van der Waals surface area contributed by atoms with Gasteiger partial charge in [-0.15, -0.1) is 11.3 Å². The number of carbonyl (C=O) groups is 2. The van der Waals surface area contributed by atoms with Crippen molar-refractivity contribution >= 4 is 33.3 Å². The van der Waals surface area contributed by atoms with Gasteiger partial charge in [-0.2, -0.15) is 0 Å². The molecule has 0 aliphatic carbocycles. The standard InChI is InChI=1S/C14H10N2O3S/c1-8(17)9-4-12(14(18)19)16(6-9)10-2-3-11-13(5-10)20-7-15-11/h2-7H,1H3,(H,18,19). The number of hydrogen-bond acceptors (Lipinski definition) is 4. The van der Waals surface area contributed by atoms with Gasteiger partial charge in [0.05, 0.1) is 15.7 Å². The van der Waals surface area contributed by atoms with Gasteiger partial charge in [0, 0.05) is 17.4 Å². The normalized spacial score (nSPS) is 10.8. The van der Waals surface area contributed by atoms with Crippen LogP contribution in [0, 0.1) is 0 Å². The van der Waals surface area contributed by atoms with Crippen molar-refractivity contribution in [2.24, 2.45) is 0 Å². The molecule has 6 heteroatoms. The number of fused-ring (bicyclic) bond motifs is 1. The van der Waals surface area contributed by atoms with Gasteiger partial charge in [-0.25, -0.2) is 9.78 Å². The van der Waals surface area contributed by atoms with Crippen molar-refractivity contribution in [2.75, 3.05) is 0 Å². The number of aromatic carboxylic acids is 1. The van der Waals surface area contributed by atoms with Gasteiger partial charge in [-0.3, -0.25) is 4.79 Å². The molecule has 1 aromatic carbocycles. The van der Waals surface area contributed by atoms with Crippen molar-refractivity contribution in [3.05, 3.63) is 47.2 Å². The summed E-state index contributed by atoms with van der Waals surface area (Å²) in [7, 11) is 0. The van der Waals surface area contributed by atoms with Crippen LogP contribution in [0.4, 0.5) is 0 Å². The number of rotatable bonds is 3. The number of ketones is 1. The number of thiazole rings is 1. The number of nitrogens with zero attached hydrogens (tertiary/aromatic N) is 2. The maximum atomic E-state index is 11.4. The molecule has 0 aliphatic rings. The fraction of sp³-hybridized carbons (Fsp3) is 0.0714. The van der Waals surface area contributed by atoms with Gasteiger partial charge in [0.15, 0.2) is 5.78 Å². The molecular weight excluding hydrogens is 276 g/mol. The largest absolute Gasteiger partial charge is 0.477 e. The first-order valence-corrected chi connectivity index (χ1v) is 6.74. The molecule has 3 rings (SSSR count). The van der Waals surface area contributed by atoms with E-state index < -0.39 is 5.97 Å². The topological polar surface area (TPSA) is 72.2 Å². The van der Waals surface area contributed by atoms with Crippen molar-refractivity contribution in [2.45, 2.75) is 6.92 Å². The molecule has 20 heavy (non-hydrogen) atoms. The predicted octanol–water partition coefficient (Wildman–Crippen LogP) is 2.99. The second kappa shape index (κ2) is 4.57. The lowest BCUT2D eigenvalue weighted by Crippen LogP contribution is -2.05. The first kappa shape index (κ1) is 12.6. The minimum atomic E-state index is -1.07. The van der Waals surface area contributed by atoms with Crippen LogP contribution in [0.2, 0.25) is 0 Å². The van der Waals surface area contributed by atoms with E-state index in [9.17, 15) is 14.7 Å². The number of aromatic nitrogens is 2. The van der Waals surface area contributed by atoms with Crippen molar-refractivity contribution < 1.29 is 14.7 Å². The third-order valence-corrected chi connectivity index (χ3v) is 3.83. The molecule has 0 amide bonds. The Bertz CT molecular complexity index is 832. The van der Waals surface area contributed by atoms with Crippen LogP contribution in [-0.2, 0) is 0 Å². The number of carboxylic acids is 1. The molecule has 0 unspecified atom stereocenters. The molecule has 0 aliphatic heterocycles. The van der Waals surface area contributed by atoms with Gasteiger partial charge >= 0.3 is 5.97 Å². The maximum absolute atomic E-state index is 11.4. The van der Waals surface area contributed by atoms with Gasteiger partial charge < -0.3 is 9.67 Å². The monoisotopic (exact) mass is 286 g/mol. The Morgan fingerprint density at radius 1 is 1.30 bits per heavy atom. The molecule has 0 spiro atoms. The second-order valence-electron chi connectivity index (χ2n) is 4.35. The van der Waals surface area contributed by atoms with Crippen LogP contribution < -0.4 is 0 Å². The summed E-state index contributed by atoms with van der Waals surface area (Å²) >= 11 is 1.48. The van der Waals surface area contributed by atoms with Gasteiger partial charge in [0.25, 0.3) is 0 Å². The average Bonchev–Trinajstić information content (AvgIpc) is 3.04. The number of hydrogen-bond donors (Lipinski definition) is 1. The first-order chi connectivity index (χ1) is 9.56. The highest BCUT2D eigenvalue weighted by atomic mass is 32.1. The fourth-order valence-electron chi connectivity index (χ4n) is 2.03. The number of benzene rings is 1. The number of carboxylic acid groups (broad SMARTS) is 1. The molecule has 0 saturated heterocycles. The SMILES string of the molecule is CC(=O)c1cc(C(=O)O)n(-c2ccc3ncsc3c2)c1. The molecule has 3 aromatic rings. The van der Waals surface area contributed by atoms with Crippen molar-refractivity contribution in [1.82, 2.24) is 9.55 Å². The molecule has 5 nitrogen and oxygen atoms in total. The predicted molar refractivity (Wildman–Crippen MR) is 75.9 cm³/mol. The third-order valence-electron chi connectivity index (χ3n) is 3.04. The lowest BCUT2D eigenvalue weighted by atomic mass is 10.2. The van der Waals surface area contributed by atoms with Gasteiger partial charge in [-0.1, -0.05) is 0 Å². The molecule has 2 heterocycles. The minimum Gasteiger partial charge on any atom is -0.477 e. The molecule has 2 aromatic heterocycles. The highest BCUT2D eigenvalue weighted by molar-refractivity contribution is 7.16. The Morgan fingerprint density at radius 2 is 2.10 bits per heavy atom. The van der Waals surface area contributed by atoms with Crippen LogP contribution in [0.5, 0.6) is 0 Å². The number of Topliss-reactive ketones (excluding diaryl/α,β-unsaturated/α-hetero) is 1. The molecule has 0 atom stereocenters. The number of carbonyl (C=O) groups excluding carboxylic acids is 1. The van der Waals surface area contributed by atoms with E-state index in [2.05, 4.69) is 4.98 Å². The van der Waals surface area contributed by atoms with E-state index in [0.717, 1.165) is 10.2 Å². The zero-order chi connectivity index (χ0) is 14.3. The Kier molecular flexibility index (Phi) is 2.87. The molecule has 0 radical (unpaired) electrons. The summed E-state index contributed by atoms with van der Waals surface area (Å²) in [4.78, 5) is 26.9. The summed E-state index contributed by atoms with van der Waals surface area (Å²) in [6.07, 6.45) is 1.55. The van der Waals surface area contributed by atoms with E-state index in [1.807, 2.05) is 12.1 Å².